The average Bonchev–Trinajstić information content (AvgIpc) is 3.16. The number of methoxy groups -OCH3 is 1. The zero-order valence-electron chi connectivity index (χ0n) is 25.3. The smallest absolute Gasteiger partial charge is 0.408 e. The average molecular weight is 558 g/mol. The van der Waals surface area contributed by atoms with Crippen LogP contribution in [0.5, 0.6) is 0 Å². The first-order chi connectivity index (χ1) is 19.5. The molecule has 1 aromatic heterocycles. The van der Waals surface area contributed by atoms with Gasteiger partial charge in [-0.3, -0.25) is 0 Å². The molecule has 1 saturated carbocycles. The highest BCUT2D eigenvalue weighted by molar-refractivity contribution is 6.00. The van der Waals surface area contributed by atoms with E-state index in [0.717, 1.165) is 30.7 Å². The van der Waals surface area contributed by atoms with Crippen LogP contribution in [0.2, 0.25) is 0 Å². The van der Waals surface area contributed by atoms with Gasteiger partial charge in [-0.2, -0.15) is 0 Å². The predicted octanol–water partition coefficient (Wildman–Crippen LogP) is 7.57. The number of nitrogens with one attached hydrogen (secondary N) is 1. The van der Waals surface area contributed by atoms with E-state index in [9.17, 15) is 9.59 Å². The largest absolute Gasteiger partial charge is 0.465 e. The molecule has 0 bridgehead atoms. The van der Waals surface area contributed by atoms with E-state index in [-0.39, 0.29) is 23.5 Å². The molecule has 7 nitrogen and oxygen atoms in total. The molecule has 2 aliphatic heterocycles. The molecule has 2 aromatic carbocycles. The SMILES string of the molecule is COC(=O)c1ccc2c(C3CCCCC3)c3n(c2c1)CCN1CC(C)(C)C(NC(=O)OC(C)(C)C)c2cccc-3c21. The molecule has 6 rings (SSSR count). The summed E-state index contributed by atoms with van der Waals surface area (Å²) in [6.45, 7) is 12.6. The Kier molecular flexibility index (Phi) is 6.82. The van der Waals surface area contributed by atoms with Gasteiger partial charge in [0.05, 0.1) is 30.1 Å². The summed E-state index contributed by atoms with van der Waals surface area (Å²) in [5.74, 6) is 0.167. The number of fused-ring (bicyclic) bond motifs is 4. The van der Waals surface area contributed by atoms with Crippen LogP contribution in [0.1, 0.15) is 100 Å². The number of esters is 1. The maximum absolute atomic E-state index is 13.0. The highest BCUT2D eigenvalue weighted by atomic mass is 16.6. The fourth-order valence-corrected chi connectivity index (χ4v) is 7.48. The lowest BCUT2D eigenvalue weighted by Crippen LogP contribution is -2.50. The van der Waals surface area contributed by atoms with Crippen molar-refractivity contribution in [3.8, 4) is 11.3 Å². The Morgan fingerprint density at radius 2 is 1.78 bits per heavy atom. The van der Waals surface area contributed by atoms with Gasteiger partial charge in [-0.15, -0.1) is 0 Å². The number of rotatable bonds is 3. The number of amides is 1. The minimum Gasteiger partial charge on any atom is -0.465 e. The van der Waals surface area contributed by atoms with Crippen molar-refractivity contribution in [1.29, 1.82) is 0 Å². The summed E-state index contributed by atoms with van der Waals surface area (Å²) < 4.78 is 13.2. The second-order valence-electron chi connectivity index (χ2n) is 13.7. The molecule has 218 valence electrons. The molecule has 0 spiro atoms. The molecule has 1 unspecified atom stereocenters. The first-order valence-corrected chi connectivity index (χ1v) is 15.1. The van der Waals surface area contributed by atoms with Gasteiger partial charge in [-0.25, -0.2) is 9.59 Å². The molecule has 3 heterocycles. The van der Waals surface area contributed by atoms with Crippen LogP contribution in [-0.2, 0) is 16.0 Å². The van der Waals surface area contributed by atoms with Crippen LogP contribution in [0.3, 0.4) is 0 Å². The van der Waals surface area contributed by atoms with Crippen LogP contribution in [0, 0.1) is 5.41 Å². The maximum atomic E-state index is 13.0. The number of carbonyl (C=O) groups excluding carboxylic acids is 2. The fraction of sp³-hybridized carbons (Fsp3) is 0.529. The first kappa shape index (κ1) is 27.7. The normalized spacial score (nSPS) is 20.1. The van der Waals surface area contributed by atoms with Gasteiger partial charge in [0.1, 0.15) is 5.60 Å². The zero-order valence-corrected chi connectivity index (χ0v) is 25.3. The van der Waals surface area contributed by atoms with E-state index in [1.165, 1.54) is 67.1 Å². The summed E-state index contributed by atoms with van der Waals surface area (Å²) in [6, 6.07) is 12.4. The van der Waals surface area contributed by atoms with Crippen LogP contribution < -0.4 is 10.2 Å². The Morgan fingerprint density at radius 1 is 1.02 bits per heavy atom. The van der Waals surface area contributed by atoms with Gasteiger partial charge >= 0.3 is 12.1 Å². The summed E-state index contributed by atoms with van der Waals surface area (Å²) in [6.07, 6.45) is 5.75. The van der Waals surface area contributed by atoms with E-state index < -0.39 is 5.60 Å². The first-order valence-electron chi connectivity index (χ1n) is 15.1. The van der Waals surface area contributed by atoms with Crippen molar-refractivity contribution in [3.63, 3.8) is 0 Å². The topological polar surface area (TPSA) is 72.8 Å². The van der Waals surface area contributed by atoms with E-state index in [0.29, 0.717) is 11.5 Å². The lowest BCUT2D eigenvalue weighted by molar-refractivity contribution is 0.0453. The fourth-order valence-electron chi connectivity index (χ4n) is 7.48. The lowest BCUT2D eigenvalue weighted by Gasteiger charge is -2.46. The van der Waals surface area contributed by atoms with Gasteiger partial charge in [0.2, 0.25) is 0 Å². The van der Waals surface area contributed by atoms with Crippen LogP contribution >= 0.6 is 0 Å². The standard InChI is InChI=1S/C34H43N3O4/c1-33(2,3)41-32(39)35-30-25-14-10-13-24-28(25)36(20-34(30,4)5)17-18-37-26-19-22(31(38)40-6)15-16-23(26)27(29(24)37)21-11-8-7-9-12-21/h10,13-16,19,21,30H,7-9,11-12,17-18,20H2,1-6H3,(H,35,39). The number of nitrogens with zero attached hydrogens (tertiary/aromatic N) is 2. The van der Waals surface area contributed by atoms with Gasteiger partial charge < -0.3 is 24.3 Å². The third-order valence-corrected chi connectivity index (χ3v) is 9.12. The van der Waals surface area contributed by atoms with Gasteiger partial charge in [0.25, 0.3) is 0 Å². The Bertz CT molecular complexity index is 1510. The molecule has 3 aromatic rings. The molecule has 3 aliphatic rings. The van der Waals surface area contributed by atoms with Crippen LogP contribution in [0.4, 0.5) is 10.5 Å². The number of anilines is 1. The van der Waals surface area contributed by atoms with Crippen molar-refractivity contribution >= 4 is 28.7 Å². The summed E-state index contributed by atoms with van der Waals surface area (Å²) in [5.41, 5.74) is 7.13. The molecule has 1 atom stereocenters. The van der Waals surface area contributed by atoms with Gasteiger partial charge in [-0.05, 0) is 62.8 Å². The molecule has 1 amide bonds. The maximum Gasteiger partial charge on any atom is 0.408 e. The Balaban J connectivity index is 1.56. The molecule has 41 heavy (non-hydrogen) atoms. The van der Waals surface area contributed by atoms with Crippen molar-refractivity contribution in [2.24, 2.45) is 5.41 Å². The number of hydrogen-bond acceptors (Lipinski definition) is 5. The molecule has 0 saturated heterocycles. The molecular formula is C34H43N3O4. The number of benzene rings is 2. The van der Waals surface area contributed by atoms with E-state index in [4.69, 9.17) is 9.47 Å². The van der Waals surface area contributed by atoms with Crippen molar-refractivity contribution in [1.82, 2.24) is 9.88 Å². The third kappa shape index (κ3) is 4.87. The molecule has 1 aliphatic carbocycles. The minimum atomic E-state index is -0.568. The molecule has 7 heteroatoms. The van der Waals surface area contributed by atoms with E-state index in [1.807, 2.05) is 32.9 Å². The predicted molar refractivity (Wildman–Crippen MR) is 163 cm³/mol. The molecular weight excluding hydrogens is 514 g/mol. The molecule has 1 fully saturated rings. The van der Waals surface area contributed by atoms with Gasteiger partial charge in [-0.1, -0.05) is 57.4 Å². The number of hydrogen-bond donors (Lipinski definition) is 1. The highest BCUT2D eigenvalue weighted by Crippen LogP contribution is 2.53. The van der Waals surface area contributed by atoms with E-state index >= 15 is 0 Å². The van der Waals surface area contributed by atoms with E-state index in [1.54, 1.807) is 0 Å². The summed E-state index contributed by atoms with van der Waals surface area (Å²) in [7, 11) is 1.44. The van der Waals surface area contributed by atoms with Crippen LogP contribution in [0.15, 0.2) is 36.4 Å². The Labute approximate surface area is 243 Å². The number of alkyl carbamates (subject to hydrolysis) is 1. The van der Waals surface area contributed by atoms with Gasteiger partial charge in [0, 0.05) is 41.5 Å². The third-order valence-electron chi connectivity index (χ3n) is 9.12. The molecule has 1 N–H and O–H groups in total. The monoisotopic (exact) mass is 557 g/mol. The highest BCUT2D eigenvalue weighted by Gasteiger charge is 2.43. The Morgan fingerprint density at radius 3 is 2.49 bits per heavy atom. The quantitative estimate of drug-likeness (QED) is 0.336. The van der Waals surface area contributed by atoms with Gasteiger partial charge in [0.15, 0.2) is 0 Å². The van der Waals surface area contributed by atoms with E-state index in [2.05, 4.69) is 52.9 Å². The van der Waals surface area contributed by atoms with Crippen molar-refractivity contribution in [2.75, 3.05) is 25.1 Å². The van der Waals surface area contributed by atoms with Crippen molar-refractivity contribution in [3.05, 3.63) is 53.1 Å². The second kappa shape index (κ2) is 10.1. The number of aromatic nitrogens is 1. The summed E-state index contributed by atoms with van der Waals surface area (Å²) in [5, 5.41) is 4.49. The zero-order chi connectivity index (χ0) is 29.1. The number of ether oxygens (including phenoxy) is 2. The van der Waals surface area contributed by atoms with Crippen LogP contribution in [-0.4, -0.2) is 42.4 Å². The van der Waals surface area contributed by atoms with Crippen molar-refractivity contribution in [2.45, 2.75) is 90.8 Å². The summed E-state index contributed by atoms with van der Waals surface area (Å²) >= 11 is 0. The van der Waals surface area contributed by atoms with Crippen molar-refractivity contribution < 1.29 is 19.1 Å². The molecule has 0 radical (unpaired) electrons. The number of para-hydroxylation sites is 1. The Hall–Kier alpha value is -3.48. The number of carbonyl (C=O) groups is 2. The lowest BCUT2D eigenvalue weighted by atomic mass is 9.75. The second-order valence-corrected chi connectivity index (χ2v) is 13.7. The van der Waals surface area contributed by atoms with Crippen LogP contribution in [0.25, 0.3) is 22.2 Å². The minimum absolute atomic E-state index is 0.191. The summed E-state index contributed by atoms with van der Waals surface area (Å²) in [4.78, 5) is 28.1.